The molecule has 3 rings (SSSR count). The van der Waals surface area contributed by atoms with Gasteiger partial charge in [0.25, 0.3) is 0 Å². The summed E-state index contributed by atoms with van der Waals surface area (Å²) in [6.45, 7) is 0. The highest BCUT2D eigenvalue weighted by Crippen LogP contribution is 2.32. The molecule has 2 N–H and O–H groups in total. The highest BCUT2D eigenvalue weighted by atomic mass is 32.2. The van der Waals surface area contributed by atoms with Gasteiger partial charge >= 0.3 is 0 Å². The zero-order chi connectivity index (χ0) is 20.0. The van der Waals surface area contributed by atoms with E-state index < -0.39 is 22.0 Å². The van der Waals surface area contributed by atoms with Crippen LogP contribution >= 0.6 is 0 Å². The Bertz CT molecular complexity index is 1010. The van der Waals surface area contributed by atoms with Crippen LogP contribution < -0.4 is 0 Å². The molecule has 4 nitrogen and oxygen atoms in total. The van der Waals surface area contributed by atoms with E-state index in [1.807, 2.05) is 18.2 Å². The predicted octanol–water partition coefficient (Wildman–Crippen LogP) is 4.20. The molecule has 3 aromatic carbocycles. The molecule has 28 heavy (non-hydrogen) atoms. The molecule has 0 bridgehead atoms. The maximum Gasteiger partial charge on any atom is 0.205 e. The van der Waals surface area contributed by atoms with E-state index in [0.29, 0.717) is 11.1 Å². The van der Waals surface area contributed by atoms with Crippen molar-refractivity contribution in [1.29, 1.82) is 0 Å². The Hall–Kier alpha value is -2.73. The predicted molar refractivity (Wildman–Crippen MR) is 109 cm³/mol. The zero-order valence-corrected chi connectivity index (χ0v) is 16.0. The van der Waals surface area contributed by atoms with Crippen LogP contribution in [0.2, 0.25) is 0 Å². The summed E-state index contributed by atoms with van der Waals surface area (Å²) in [5.74, 6) is 0. The van der Waals surface area contributed by atoms with Gasteiger partial charge in [0, 0.05) is 0 Å². The Kier molecular flexibility index (Phi) is 6.41. The minimum absolute atomic E-state index is 0.0648. The van der Waals surface area contributed by atoms with Crippen LogP contribution in [0.3, 0.4) is 0 Å². The van der Waals surface area contributed by atoms with Crippen LogP contribution in [0.5, 0.6) is 0 Å². The number of aliphatic hydroxyl groups excluding tert-OH is 2. The van der Waals surface area contributed by atoms with Crippen LogP contribution in [0.15, 0.2) is 107 Å². The summed E-state index contributed by atoms with van der Waals surface area (Å²) in [4.78, 5) is -0.0367. The maximum absolute atomic E-state index is 13.2. The molecule has 0 aliphatic heterocycles. The second-order valence-corrected chi connectivity index (χ2v) is 8.35. The van der Waals surface area contributed by atoms with Gasteiger partial charge in [-0.05, 0) is 29.7 Å². The van der Waals surface area contributed by atoms with Crippen molar-refractivity contribution in [2.24, 2.45) is 0 Å². The molecular weight excluding hydrogens is 372 g/mol. The van der Waals surface area contributed by atoms with E-state index in [1.165, 1.54) is 18.2 Å². The van der Waals surface area contributed by atoms with Crippen molar-refractivity contribution in [2.45, 2.75) is 23.5 Å². The lowest BCUT2D eigenvalue weighted by Crippen LogP contribution is -2.13. The van der Waals surface area contributed by atoms with E-state index >= 15 is 0 Å². The second-order valence-electron chi connectivity index (χ2n) is 6.40. The van der Waals surface area contributed by atoms with Crippen molar-refractivity contribution < 1.29 is 18.6 Å². The molecule has 0 fully saturated rings. The molecule has 0 aromatic heterocycles. The fourth-order valence-corrected chi connectivity index (χ4v) is 4.48. The molecule has 0 amide bonds. The van der Waals surface area contributed by atoms with Crippen molar-refractivity contribution in [3.8, 4) is 0 Å². The first-order valence-corrected chi connectivity index (χ1v) is 10.4. The number of benzene rings is 3. The summed E-state index contributed by atoms with van der Waals surface area (Å²) in [5.41, 5.74) is 1.16. The first-order chi connectivity index (χ1) is 13.5. The summed E-state index contributed by atoms with van der Waals surface area (Å²) >= 11 is 0. The average molecular weight is 394 g/mol. The van der Waals surface area contributed by atoms with E-state index in [2.05, 4.69) is 0 Å². The first-order valence-electron chi connectivity index (χ1n) is 8.96. The SMILES string of the molecule is O=S(=O)(/C(=C/CC(O)c1ccccc1)C(O)c1ccccc1)c1ccccc1. The quantitative estimate of drug-likeness (QED) is 0.630. The standard InChI is InChI=1S/C23H22O4S/c24-21(18-10-4-1-5-11-18)16-17-22(23(25)19-12-6-2-7-13-19)28(26,27)20-14-8-3-9-15-20/h1-15,17,21,23-25H,16H2/b22-17+. The average Bonchev–Trinajstić information content (AvgIpc) is 2.75. The van der Waals surface area contributed by atoms with Crippen LogP contribution in [-0.2, 0) is 9.84 Å². The van der Waals surface area contributed by atoms with E-state index in [4.69, 9.17) is 0 Å². The molecule has 3 aromatic rings. The monoisotopic (exact) mass is 394 g/mol. The van der Waals surface area contributed by atoms with Crippen LogP contribution in [-0.4, -0.2) is 18.6 Å². The summed E-state index contributed by atoms with van der Waals surface area (Å²) in [6.07, 6.45) is -0.716. The third-order valence-electron chi connectivity index (χ3n) is 4.48. The Morgan fingerprint density at radius 1 is 0.750 bits per heavy atom. The molecular formula is C23H22O4S. The van der Waals surface area contributed by atoms with Crippen molar-refractivity contribution in [2.75, 3.05) is 0 Å². The maximum atomic E-state index is 13.2. The molecule has 2 unspecified atom stereocenters. The fourth-order valence-electron chi connectivity index (χ4n) is 2.94. The van der Waals surface area contributed by atoms with Gasteiger partial charge in [-0.2, -0.15) is 0 Å². The smallest absolute Gasteiger partial charge is 0.205 e. The summed E-state index contributed by atoms with van der Waals surface area (Å²) in [7, 11) is -3.93. The van der Waals surface area contributed by atoms with Crippen molar-refractivity contribution in [3.05, 3.63) is 113 Å². The van der Waals surface area contributed by atoms with Crippen molar-refractivity contribution >= 4 is 9.84 Å². The molecule has 0 saturated carbocycles. The van der Waals surface area contributed by atoms with E-state index in [0.717, 1.165) is 0 Å². The van der Waals surface area contributed by atoms with Gasteiger partial charge in [-0.3, -0.25) is 0 Å². The number of hydrogen-bond donors (Lipinski definition) is 2. The van der Waals surface area contributed by atoms with Gasteiger partial charge in [0.1, 0.15) is 6.10 Å². The number of sulfone groups is 1. The van der Waals surface area contributed by atoms with Gasteiger partial charge in [0.05, 0.1) is 15.9 Å². The Balaban J connectivity index is 1.99. The summed E-state index contributed by atoms with van der Waals surface area (Å²) in [5, 5.41) is 21.3. The van der Waals surface area contributed by atoms with E-state index in [9.17, 15) is 18.6 Å². The molecule has 0 aliphatic carbocycles. The summed E-state index contributed by atoms with van der Waals surface area (Å²) in [6, 6.07) is 25.6. The van der Waals surface area contributed by atoms with Gasteiger partial charge in [-0.25, -0.2) is 8.42 Å². The summed E-state index contributed by atoms with van der Waals surface area (Å²) < 4.78 is 26.4. The van der Waals surface area contributed by atoms with E-state index in [1.54, 1.807) is 60.7 Å². The van der Waals surface area contributed by atoms with Gasteiger partial charge in [0.2, 0.25) is 9.84 Å². The van der Waals surface area contributed by atoms with Crippen LogP contribution in [0.1, 0.15) is 29.8 Å². The molecule has 0 radical (unpaired) electrons. The van der Waals surface area contributed by atoms with Crippen molar-refractivity contribution in [1.82, 2.24) is 0 Å². The molecule has 0 spiro atoms. The number of aliphatic hydroxyl groups is 2. The van der Waals surface area contributed by atoms with E-state index in [-0.39, 0.29) is 16.2 Å². The molecule has 0 heterocycles. The molecule has 0 aliphatic rings. The Labute approximate surface area is 165 Å². The third kappa shape index (κ3) is 4.57. The third-order valence-corrected chi connectivity index (χ3v) is 6.38. The van der Waals surface area contributed by atoms with Crippen LogP contribution in [0.25, 0.3) is 0 Å². The Morgan fingerprint density at radius 3 is 1.75 bits per heavy atom. The molecule has 0 saturated heterocycles. The minimum Gasteiger partial charge on any atom is -0.388 e. The lowest BCUT2D eigenvalue weighted by molar-refractivity contribution is 0.180. The topological polar surface area (TPSA) is 74.6 Å². The molecule has 5 heteroatoms. The largest absolute Gasteiger partial charge is 0.388 e. The lowest BCUT2D eigenvalue weighted by Gasteiger charge is -2.17. The van der Waals surface area contributed by atoms with Gasteiger partial charge in [0.15, 0.2) is 0 Å². The van der Waals surface area contributed by atoms with Crippen LogP contribution in [0, 0.1) is 0 Å². The second kappa shape index (κ2) is 8.97. The Morgan fingerprint density at radius 2 is 1.21 bits per heavy atom. The van der Waals surface area contributed by atoms with Gasteiger partial charge < -0.3 is 10.2 Å². The number of hydrogen-bond acceptors (Lipinski definition) is 4. The lowest BCUT2D eigenvalue weighted by atomic mass is 10.0. The van der Waals surface area contributed by atoms with Gasteiger partial charge in [-0.15, -0.1) is 0 Å². The normalized spacial score (nSPS) is 14.4. The molecule has 2 atom stereocenters. The first kappa shape index (κ1) is 20.0. The highest BCUT2D eigenvalue weighted by Gasteiger charge is 2.28. The minimum atomic E-state index is -3.93. The molecule has 144 valence electrons. The zero-order valence-electron chi connectivity index (χ0n) is 15.2. The van der Waals surface area contributed by atoms with Crippen LogP contribution in [0.4, 0.5) is 0 Å². The fraction of sp³-hybridized carbons (Fsp3) is 0.130. The van der Waals surface area contributed by atoms with Gasteiger partial charge in [-0.1, -0.05) is 84.9 Å². The van der Waals surface area contributed by atoms with Crippen molar-refractivity contribution in [3.63, 3.8) is 0 Å². The highest BCUT2D eigenvalue weighted by molar-refractivity contribution is 7.95. The number of rotatable bonds is 7.